The molecule has 0 aliphatic carbocycles. The number of halogens is 3. The van der Waals surface area contributed by atoms with Crippen molar-refractivity contribution in [2.45, 2.75) is 56.7 Å². The number of aromatic nitrogens is 3. The summed E-state index contributed by atoms with van der Waals surface area (Å²) in [6.45, 7) is 5.15. The normalized spacial score (nSPS) is 29.3. The lowest BCUT2D eigenvalue weighted by Crippen LogP contribution is -2.45. The van der Waals surface area contributed by atoms with E-state index in [0.29, 0.717) is 21.7 Å². The van der Waals surface area contributed by atoms with Crippen LogP contribution in [-0.4, -0.2) is 43.7 Å². The van der Waals surface area contributed by atoms with Crippen molar-refractivity contribution in [3.8, 4) is 0 Å². The molecule has 0 radical (unpaired) electrons. The van der Waals surface area contributed by atoms with Gasteiger partial charge in [-0.3, -0.25) is 0 Å². The van der Waals surface area contributed by atoms with Gasteiger partial charge in [0.1, 0.15) is 46.9 Å². The van der Waals surface area contributed by atoms with Crippen LogP contribution in [0.25, 0.3) is 11.0 Å². The summed E-state index contributed by atoms with van der Waals surface area (Å²) in [4.78, 5) is 8.33. The fraction of sp³-hybridized carbons (Fsp3) is 0.429. The number of nitrogens with zero attached hydrogens (tertiary/aromatic N) is 3. The van der Waals surface area contributed by atoms with Crippen molar-refractivity contribution in [1.82, 2.24) is 14.5 Å². The van der Waals surface area contributed by atoms with E-state index in [0.717, 1.165) is 0 Å². The first-order valence-electron chi connectivity index (χ1n) is 9.74. The zero-order valence-electron chi connectivity index (χ0n) is 16.9. The van der Waals surface area contributed by atoms with Crippen LogP contribution in [0.1, 0.15) is 32.6 Å². The van der Waals surface area contributed by atoms with Crippen LogP contribution >= 0.6 is 23.2 Å². The van der Waals surface area contributed by atoms with E-state index in [-0.39, 0.29) is 5.02 Å². The lowest BCUT2D eigenvalue weighted by atomic mass is 9.86. The van der Waals surface area contributed by atoms with E-state index in [1.54, 1.807) is 43.7 Å². The van der Waals surface area contributed by atoms with E-state index in [1.807, 2.05) is 0 Å². The Hall–Kier alpha value is -1.81. The van der Waals surface area contributed by atoms with Crippen LogP contribution < -0.4 is 0 Å². The van der Waals surface area contributed by atoms with Crippen LogP contribution in [0.3, 0.4) is 0 Å². The molecule has 0 bridgehead atoms. The number of benzene rings is 1. The Labute approximate surface area is 187 Å². The Morgan fingerprint density at radius 2 is 1.90 bits per heavy atom. The SMILES string of the molecule is CC1(C)O[C@@H]2[C@H](O1)[C@@H]([C@@](C)(O)c1ccc(Cl)c(F)c1)O[C@H]2n1ccc2c(Cl)ncnc21. The minimum Gasteiger partial charge on any atom is -0.383 e. The summed E-state index contributed by atoms with van der Waals surface area (Å²) in [6, 6.07) is 5.96. The van der Waals surface area contributed by atoms with Crippen LogP contribution in [0, 0.1) is 5.82 Å². The highest BCUT2D eigenvalue weighted by Gasteiger charge is 2.60. The van der Waals surface area contributed by atoms with Gasteiger partial charge in [0.25, 0.3) is 0 Å². The summed E-state index contributed by atoms with van der Waals surface area (Å²) in [5.41, 5.74) is -0.715. The average Bonchev–Trinajstić information content (AvgIpc) is 3.35. The highest BCUT2D eigenvalue weighted by atomic mass is 35.5. The third kappa shape index (κ3) is 3.33. The Kier molecular flexibility index (Phi) is 4.82. The lowest BCUT2D eigenvalue weighted by molar-refractivity contribution is -0.221. The van der Waals surface area contributed by atoms with Crippen molar-refractivity contribution >= 4 is 34.2 Å². The Bertz CT molecular complexity index is 1170. The quantitative estimate of drug-likeness (QED) is 0.581. The molecular formula is C21H20Cl2FN3O4. The number of rotatable bonds is 3. The topological polar surface area (TPSA) is 78.6 Å². The molecule has 2 aliphatic heterocycles. The van der Waals surface area contributed by atoms with Gasteiger partial charge in [-0.1, -0.05) is 29.3 Å². The summed E-state index contributed by atoms with van der Waals surface area (Å²) < 4.78 is 34.5. The maximum absolute atomic E-state index is 14.1. The maximum atomic E-state index is 14.1. The van der Waals surface area contributed by atoms with Crippen molar-refractivity contribution in [1.29, 1.82) is 0 Å². The second kappa shape index (κ2) is 7.10. The second-order valence-corrected chi connectivity index (χ2v) is 9.18. The van der Waals surface area contributed by atoms with Crippen LogP contribution in [0.2, 0.25) is 10.2 Å². The van der Waals surface area contributed by atoms with Crippen LogP contribution in [0.4, 0.5) is 4.39 Å². The van der Waals surface area contributed by atoms with E-state index in [4.69, 9.17) is 37.4 Å². The van der Waals surface area contributed by atoms with Gasteiger partial charge >= 0.3 is 0 Å². The van der Waals surface area contributed by atoms with Crippen LogP contribution in [0.5, 0.6) is 0 Å². The van der Waals surface area contributed by atoms with E-state index in [1.165, 1.54) is 18.5 Å². The maximum Gasteiger partial charge on any atom is 0.164 e. The zero-order valence-corrected chi connectivity index (χ0v) is 18.4. The summed E-state index contributed by atoms with van der Waals surface area (Å²) in [5.74, 6) is -1.52. The number of ether oxygens (including phenoxy) is 3. The smallest absolute Gasteiger partial charge is 0.164 e. The van der Waals surface area contributed by atoms with E-state index < -0.39 is 41.7 Å². The molecule has 0 saturated carbocycles. The molecule has 4 heterocycles. The van der Waals surface area contributed by atoms with Crippen molar-refractivity contribution in [3.63, 3.8) is 0 Å². The lowest BCUT2D eigenvalue weighted by Gasteiger charge is -2.34. The average molecular weight is 468 g/mol. The molecule has 10 heteroatoms. The second-order valence-electron chi connectivity index (χ2n) is 8.41. The van der Waals surface area contributed by atoms with Gasteiger partial charge in [0, 0.05) is 6.20 Å². The first kappa shape index (κ1) is 21.1. The summed E-state index contributed by atoms with van der Waals surface area (Å²) in [7, 11) is 0. The molecule has 3 aromatic rings. The third-order valence-electron chi connectivity index (χ3n) is 5.82. The Morgan fingerprint density at radius 1 is 1.16 bits per heavy atom. The fourth-order valence-corrected chi connectivity index (χ4v) is 4.68. The molecule has 0 amide bonds. The molecule has 5 rings (SSSR count). The van der Waals surface area contributed by atoms with Gasteiger partial charge in [-0.15, -0.1) is 0 Å². The summed E-state index contributed by atoms with van der Waals surface area (Å²) >= 11 is 12.0. The van der Waals surface area contributed by atoms with Crippen molar-refractivity contribution < 1.29 is 23.7 Å². The van der Waals surface area contributed by atoms with Gasteiger partial charge in [-0.2, -0.15) is 0 Å². The number of hydrogen-bond donors (Lipinski definition) is 1. The minimum atomic E-state index is -1.59. The Morgan fingerprint density at radius 3 is 2.65 bits per heavy atom. The molecule has 1 N–H and O–H groups in total. The largest absolute Gasteiger partial charge is 0.383 e. The van der Waals surface area contributed by atoms with Gasteiger partial charge in [-0.05, 0) is 44.5 Å². The van der Waals surface area contributed by atoms with Gasteiger partial charge in [-0.25, -0.2) is 14.4 Å². The zero-order chi connectivity index (χ0) is 22.1. The minimum absolute atomic E-state index is 0.0281. The van der Waals surface area contributed by atoms with E-state index in [9.17, 15) is 9.50 Å². The van der Waals surface area contributed by atoms with Crippen molar-refractivity contribution in [2.75, 3.05) is 0 Å². The molecule has 2 aliphatic rings. The predicted octanol–water partition coefficient (Wildman–Crippen LogP) is 4.20. The van der Waals surface area contributed by atoms with Gasteiger partial charge in [0.15, 0.2) is 12.0 Å². The number of fused-ring (bicyclic) bond motifs is 2. The van der Waals surface area contributed by atoms with Gasteiger partial charge in [0.05, 0.1) is 10.4 Å². The Balaban J connectivity index is 1.58. The molecule has 0 unspecified atom stereocenters. The highest BCUT2D eigenvalue weighted by Crippen LogP contribution is 2.49. The first-order chi connectivity index (χ1) is 14.6. The number of hydrogen-bond acceptors (Lipinski definition) is 6. The van der Waals surface area contributed by atoms with E-state index in [2.05, 4.69) is 9.97 Å². The first-order valence-corrected chi connectivity index (χ1v) is 10.5. The highest BCUT2D eigenvalue weighted by molar-refractivity contribution is 6.33. The van der Waals surface area contributed by atoms with Crippen LogP contribution in [0.15, 0.2) is 36.8 Å². The molecule has 0 spiro atoms. The van der Waals surface area contributed by atoms with Gasteiger partial charge < -0.3 is 23.9 Å². The summed E-state index contributed by atoms with van der Waals surface area (Å²) in [6.07, 6.45) is 0.453. The van der Waals surface area contributed by atoms with Crippen LogP contribution in [-0.2, 0) is 19.8 Å². The summed E-state index contributed by atoms with van der Waals surface area (Å²) in [5, 5.41) is 12.4. The van der Waals surface area contributed by atoms with Crippen molar-refractivity contribution in [2.24, 2.45) is 0 Å². The standard InChI is InChI=1S/C21H20Cl2FN3O4/c1-20(2)30-14-15(31-20)19(27-7-6-11-17(23)25-9-26-18(11)27)29-16(14)21(3,28)10-4-5-12(22)13(24)8-10/h4-9,14-16,19,28H,1-3H3/t14-,15+,16-,19+,21-/m0/s1. The predicted molar refractivity (Wildman–Crippen MR) is 111 cm³/mol. The molecule has 2 fully saturated rings. The van der Waals surface area contributed by atoms with Crippen molar-refractivity contribution in [3.05, 3.63) is 58.3 Å². The van der Waals surface area contributed by atoms with Gasteiger partial charge in [0.2, 0.25) is 0 Å². The molecule has 2 saturated heterocycles. The fourth-order valence-electron chi connectivity index (χ4n) is 4.37. The monoisotopic (exact) mass is 467 g/mol. The molecule has 1 aromatic carbocycles. The van der Waals surface area contributed by atoms with E-state index >= 15 is 0 Å². The molecule has 2 aromatic heterocycles. The number of aliphatic hydroxyl groups is 1. The molecule has 7 nitrogen and oxygen atoms in total. The third-order valence-corrected chi connectivity index (χ3v) is 6.43. The molecule has 5 atom stereocenters. The molecular weight excluding hydrogens is 448 g/mol. The molecule has 164 valence electrons. The molecule has 31 heavy (non-hydrogen) atoms.